The second kappa shape index (κ2) is 7.68. The molecule has 0 aliphatic carbocycles. The lowest BCUT2D eigenvalue weighted by Crippen LogP contribution is -2.38. The Bertz CT molecular complexity index is 901. The van der Waals surface area contributed by atoms with E-state index in [2.05, 4.69) is 9.97 Å². The predicted octanol–water partition coefficient (Wildman–Crippen LogP) is 4.90. The Hall–Kier alpha value is -2.41. The van der Waals surface area contributed by atoms with Crippen molar-refractivity contribution < 1.29 is 13.6 Å². The lowest BCUT2D eigenvalue weighted by Gasteiger charge is -2.31. The van der Waals surface area contributed by atoms with Gasteiger partial charge in [0.25, 0.3) is 11.7 Å². The van der Waals surface area contributed by atoms with Crippen LogP contribution in [0.25, 0.3) is 11.0 Å². The SMILES string of the molecule is O=C(c1ccc(SC(F)F)cc1)N1CCC(c2nc3ccccc3[nH]2)CC1. The largest absolute Gasteiger partial charge is 0.342 e. The molecule has 2 aromatic carbocycles. The van der Waals surface area contributed by atoms with E-state index in [1.807, 2.05) is 29.2 Å². The van der Waals surface area contributed by atoms with Gasteiger partial charge in [0.2, 0.25) is 0 Å². The number of H-pyrrole nitrogens is 1. The number of carbonyl (C=O) groups excluding carboxylic acids is 1. The molecule has 1 amide bonds. The van der Waals surface area contributed by atoms with Crippen LogP contribution in [0.2, 0.25) is 0 Å². The molecule has 4 rings (SSSR count). The second-order valence-corrected chi connectivity index (χ2v) is 7.67. The molecule has 0 unspecified atom stereocenters. The molecule has 0 spiro atoms. The number of imidazole rings is 1. The quantitative estimate of drug-likeness (QED) is 0.648. The van der Waals surface area contributed by atoms with Crippen LogP contribution in [0, 0.1) is 0 Å². The summed E-state index contributed by atoms with van der Waals surface area (Å²) < 4.78 is 24.8. The van der Waals surface area contributed by atoms with E-state index in [4.69, 9.17) is 0 Å². The number of aromatic nitrogens is 2. The first-order valence-corrected chi connectivity index (χ1v) is 9.77. The third kappa shape index (κ3) is 3.98. The van der Waals surface area contributed by atoms with Crippen LogP contribution in [0.5, 0.6) is 0 Å². The average molecular weight is 387 g/mol. The molecule has 1 N–H and O–H groups in total. The Morgan fingerprint density at radius 2 is 1.81 bits per heavy atom. The number of aromatic amines is 1. The highest BCUT2D eigenvalue weighted by Crippen LogP contribution is 2.29. The van der Waals surface area contributed by atoms with Crippen molar-refractivity contribution in [1.29, 1.82) is 0 Å². The Kier molecular flexibility index (Phi) is 5.11. The number of fused-ring (bicyclic) bond motifs is 1. The summed E-state index contributed by atoms with van der Waals surface area (Å²) in [6.07, 6.45) is 1.70. The summed E-state index contributed by atoms with van der Waals surface area (Å²) in [6.45, 7) is 1.32. The normalized spacial score (nSPS) is 15.6. The van der Waals surface area contributed by atoms with Crippen LogP contribution >= 0.6 is 11.8 Å². The number of benzene rings is 2. The molecule has 0 radical (unpaired) electrons. The van der Waals surface area contributed by atoms with E-state index in [1.165, 1.54) is 0 Å². The summed E-state index contributed by atoms with van der Waals surface area (Å²) in [5, 5.41) is 0. The number of nitrogens with one attached hydrogen (secondary N) is 1. The highest BCUT2D eigenvalue weighted by atomic mass is 32.2. The monoisotopic (exact) mass is 387 g/mol. The van der Waals surface area contributed by atoms with Crippen molar-refractivity contribution in [3.63, 3.8) is 0 Å². The van der Waals surface area contributed by atoms with Crippen molar-refractivity contribution in [2.24, 2.45) is 0 Å². The van der Waals surface area contributed by atoms with Gasteiger partial charge in [0.15, 0.2) is 0 Å². The maximum atomic E-state index is 12.7. The Balaban J connectivity index is 1.39. The van der Waals surface area contributed by atoms with Gasteiger partial charge in [-0.05, 0) is 49.2 Å². The number of piperidine rings is 1. The summed E-state index contributed by atoms with van der Waals surface area (Å²) in [7, 11) is 0. The Morgan fingerprint density at radius 1 is 1.11 bits per heavy atom. The van der Waals surface area contributed by atoms with E-state index in [0.29, 0.717) is 41.2 Å². The fraction of sp³-hybridized carbons (Fsp3) is 0.300. The minimum atomic E-state index is -2.45. The maximum Gasteiger partial charge on any atom is 0.288 e. The summed E-state index contributed by atoms with van der Waals surface area (Å²) in [6, 6.07) is 14.4. The number of halogens is 2. The van der Waals surface area contributed by atoms with Crippen molar-refractivity contribution in [3.8, 4) is 0 Å². The number of carbonyl (C=O) groups is 1. The van der Waals surface area contributed by atoms with Gasteiger partial charge >= 0.3 is 0 Å². The molecule has 27 heavy (non-hydrogen) atoms. The standard InChI is InChI=1S/C20H19F2N3OS/c21-20(22)27-15-7-5-14(6-8-15)19(26)25-11-9-13(10-12-25)18-23-16-3-1-2-4-17(16)24-18/h1-8,13,20H,9-12H2,(H,23,24). The summed E-state index contributed by atoms with van der Waals surface area (Å²) in [5.41, 5.74) is 2.54. The maximum absolute atomic E-state index is 12.7. The number of para-hydroxylation sites is 2. The molecule has 2 heterocycles. The molecule has 1 saturated heterocycles. The molecule has 3 aromatic rings. The summed E-state index contributed by atoms with van der Waals surface area (Å²) in [4.78, 5) is 23.0. The van der Waals surface area contributed by atoms with Gasteiger partial charge < -0.3 is 9.88 Å². The third-order valence-corrected chi connectivity index (χ3v) is 5.63. The number of likely N-dealkylation sites (tertiary alicyclic amines) is 1. The lowest BCUT2D eigenvalue weighted by atomic mass is 9.95. The molecule has 1 aromatic heterocycles. The van der Waals surface area contributed by atoms with Gasteiger partial charge in [0, 0.05) is 29.5 Å². The van der Waals surface area contributed by atoms with Gasteiger partial charge in [-0.25, -0.2) is 4.98 Å². The molecular weight excluding hydrogens is 368 g/mol. The van der Waals surface area contributed by atoms with E-state index in [1.54, 1.807) is 24.3 Å². The Morgan fingerprint density at radius 3 is 2.48 bits per heavy atom. The number of thioether (sulfide) groups is 1. The summed E-state index contributed by atoms with van der Waals surface area (Å²) >= 11 is 0.485. The van der Waals surface area contributed by atoms with Gasteiger partial charge in [-0.3, -0.25) is 4.79 Å². The van der Waals surface area contributed by atoms with E-state index in [0.717, 1.165) is 29.7 Å². The van der Waals surface area contributed by atoms with Crippen LogP contribution in [-0.4, -0.2) is 39.6 Å². The van der Waals surface area contributed by atoms with Gasteiger partial charge in [0.05, 0.1) is 11.0 Å². The van der Waals surface area contributed by atoms with E-state index >= 15 is 0 Å². The van der Waals surface area contributed by atoms with E-state index in [-0.39, 0.29) is 5.91 Å². The van der Waals surface area contributed by atoms with Crippen molar-refractivity contribution >= 4 is 28.7 Å². The van der Waals surface area contributed by atoms with Crippen molar-refractivity contribution in [1.82, 2.24) is 14.9 Å². The van der Waals surface area contributed by atoms with Gasteiger partial charge in [-0.2, -0.15) is 8.78 Å². The van der Waals surface area contributed by atoms with E-state index in [9.17, 15) is 13.6 Å². The third-order valence-electron chi connectivity index (χ3n) is 4.90. The zero-order chi connectivity index (χ0) is 18.8. The van der Waals surface area contributed by atoms with Crippen molar-refractivity contribution in [3.05, 3.63) is 59.9 Å². The first kappa shape index (κ1) is 18.0. The van der Waals surface area contributed by atoms with Crippen LogP contribution in [0.3, 0.4) is 0 Å². The summed E-state index contributed by atoms with van der Waals surface area (Å²) in [5.74, 6) is -1.21. The topological polar surface area (TPSA) is 49.0 Å². The second-order valence-electron chi connectivity index (χ2n) is 6.61. The number of hydrogen-bond acceptors (Lipinski definition) is 3. The van der Waals surface area contributed by atoms with Crippen LogP contribution in [0.1, 0.15) is 34.9 Å². The molecule has 140 valence electrons. The minimum Gasteiger partial charge on any atom is -0.342 e. The molecule has 1 aliphatic rings. The zero-order valence-corrected chi connectivity index (χ0v) is 15.4. The van der Waals surface area contributed by atoms with Crippen LogP contribution in [0.4, 0.5) is 8.78 Å². The highest BCUT2D eigenvalue weighted by molar-refractivity contribution is 7.99. The average Bonchev–Trinajstić information content (AvgIpc) is 3.12. The van der Waals surface area contributed by atoms with Crippen LogP contribution < -0.4 is 0 Å². The first-order chi connectivity index (χ1) is 13.1. The molecule has 1 aliphatic heterocycles. The molecule has 4 nitrogen and oxygen atoms in total. The van der Waals surface area contributed by atoms with Crippen molar-refractivity contribution in [2.75, 3.05) is 13.1 Å². The molecular formula is C20H19F2N3OS. The van der Waals surface area contributed by atoms with Crippen LogP contribution in [-0.2, 0) is 0 Å². The van der Waals surface area contributed by atoms with Crippen molar-refractivity contribution in [2.45, 2.75) is 29.4 Å². The molecule has 1 fully saturated rings. The number of hydrogen-bond donors (Lipinski definition) is 1. The minimum absolute atomic E-state index is 0.0494. The highest BCUT2D eigenvalue weighted by Gasteiger charge is 2.26. The first-order valence-electron chi connectivity index (χ1n) is 8.89. The Labute approximate surface area is 160 Å². The molecule has 0 bridgehead atoms. The van der Waals surface area contributed by atoms with Gasteiger partial charge in [0.1, 0.15) is 5.82 Å². The smallest absolute Gasteiger partial charge is 0.288 e. The predicted molar refractivity (Wildman–Crippen MR) is 102 cm³/mol. The number of nitrogens with zero attached hydrogens (tertiary/aromatic N) is 2. The number of rotatable bonds is 4. The zero-order valence-electron chi connectivity index (χ0n) is 14.6. The lowest BCUT2D eigenvalue weighted by molar-refractivity contribution is 0.0711. The van der Waals surface area contributed by atoms with Crippen LogP contribution in [0.15, 0.2) is 53.4 Å². The van der Waals surface area contributed by atoms with Gasteiger partial charge in [-0.15, -0.1) is 0 Å². The van der Waals surface area contributed by atoms with Gasteiger partial charge in [-0.1, -0.05) is 23.9 Å². The molecule has 0 saturated carbocycles. The molecule has 0 atom stereocenters. The number of amides is 1. The van der Waals surface area contributed by atoms with E-state index < -0.39 is 5.76 Å². The fourth-order valence-corrected chi connectivity index (χ4v) is 3.98. The fourth-order valence-electron chi connectivity index (χ4n) is 3.48. The molecule has 7 heteroatoms. The number of alkyl halides is 2.